The summed E-state index contributed by atoms with van der Waals surface area (Å²) in [6.07, 6.45) is 5.86. The van der Waals surface area contributed by atoms with E-state index in [1.54, 1.807) is 19.4 Å². The molecule has 3 aromatic rings. The van der Waals surface area contributed by atoms with Crippen LogP contribution in [-0.2, 0) is 16.6 Å². The standard InChI is InChI=1S/C21H20N6O3/c1-27-16-14(22-11-12-23-16)7-8-15(19(27)29)24-17(28)18-25-26-20(30-18)21(9-10-21)13-5-3-2-4-6-13/h2-6,11-12,15H,7-10H2,1H3,(H,24,28). The Hall–Kier alpha value is -3.62. The van der Waals surface area contributed by atoms with Crippen LogP contribution in [0.1, 0.15) is 47.1 Å². The molecule has 1 fully saturated rings. The van der Waals surface area contributed by atoms with Crippen LogP contribution < -0.4 is 10.2 Å². The molecule has 1 aliphatic heterocycles. The monoisotopic (exact) mass is 404 g/mol. The van der Waals surface area contributed by atoms with Crippen LogP contribution in [-0.4, -0.2) is 45.1 Å². The van der Waals surface area contributed by atoms with Crippen molar-refractivity contribution in [2.24, 2.45) is 0 Å². The lowest BCUT2D eigenvalue weighted by Gasteiger charge is -2.20. The third kappa shape index (κ3) is 3.02. The number of fused-ring (bicyclic) bond motifs is 1. The van der Waals surface area contributed by atoms with E-state index in [1.165, 1.54) is 4.90 Å². The fraction of sp³-hybridized carbons (Fsp3) is 0.333. The van der Waals surface area contributed by atoms with Gasteiger partial charge in [0.1, 0.15) is 6.04 Å². The molecule has 0 radical (unpaired) electrons. The van der Waals surface area contributed by atoms with E-state index in [0.29, 0.717) is 24.6 Å². The van der Waals surface area contributed by atoms with Crippen molar-refractivity contribution in [2.75, 3.05) is 11.9 Å². The zero-order valence-corrected chi connectivity index (χ0v) is 16.4. The van der Waals surface area contributed by atoms with Crippen LogP contribution in [0.3, 0.4) is 0 Å². The van der Waals surface area contributed by atoms with Crippen LogP contribution in [0, 0.1) is 0 Å². The molecule has 5 rings (SSSR count). The molecule has 0 spiro atoms. The van der Waals surface area contributed by atoms with E-state index in [-0.39, 0.29) is 17.2 Å². The Bertz CT molecular complexity index is 1110. The minimum Gasteiger partial charge on any atom is -0.416 e. The van der Waals surface area contributed by atoms with E-state index in [1.807, 2.05) is 30.3 Å². The van der Waals surface area contributed by atoms with E-state index in [9.17, 15) is 9.59 Å². The summed E-state index contributed by atoms with van der Waals surface area (Å²) in [6, 6.07) is 9.21. The average Bonchev–Trinajstić information content (AvgIpc) is 3.47. The summed E-state index contributed by atoms with van der Waals surface area (Å²) in [6.45, 7) is 0. The number of amides is 2. The highest BCUT2D eigenvalue weighted by molar-refractivity contribution is 6.01. The summed E-state index contributed by atoms with van der Waals surface area (Å²) < 4.78 is 5.74. The molecule has 1 atom stereocenters. The summed E-state index contributed by atoms with van der Waals surface area (Å²) in [7, 11) is 1.63. The minimum atomic E-state index is -0.724. The van der Waals surface area contributed by atoms with Gasteiger partial charge in [-0.2, -0.15) is 0 Å². The molecule has 1 aromatic carbocycles. The molecule has 2 aliphatic rings. The first kappa shape index (κ1) is 18.4. The number of aromatic nitrogens is 4. The first-order chi connectivity index (χ1) is 14.6. The number of carbonyl (C=O) groups is 2. The number of nitrogens with zero attached hydrogens (tertiary/aromatic N) is 5. The lowest BCUT2D eigenvalue weighted by atomic mass is 9.96. The summed E-state index contributed by atoms with van der Waals surface area (Å²) in [5.41, 5.74) is 1.51. The third-order valence-electron chi connectivity index (χ3n) is 5.78. The summed E-state index contributed by atoms with van der Waals surface area (Å²) in [5.74, 6) is -0.0102. The number of aryl methyl sites for hydroxylation is 1. The summed E-state index contributed by atoms with van der Waals surface area (Å²) in [5, 5.41) is 10.8. The van der Waals surface area contributed by atoms with Crippen molar-refractivity contribution < 1.29 is 14.0 Å². The SMILES string of the molecule is CN1C(=O)C(NC(=O)c2nnc(C3(c4ccccc4)CC3)o2)CCc2nccnc21. The lowest BCUT2D eigenvalue weighted by molar-refractivity contribution is -0.120. The maximum absolute atomic E-state index is 12.8. The van der Waals surface area contributed by atoms with Crippen LogP contribution in [0.5, 0.6) is 0 Å². The van der Waals surface area contributed by atoms with Gasteiger partial charge in [-0.15, -0.1) is 10.2 Å². The highest BCUT2D eigenvalue weighted by atomic mass is 16.4. The number of benzene rings is 1. The zero-order chi connectivity index (χ0) is 20.7. The second-order valence-corrected chi connectivity index (χ2v) is 7.65. The number of rotatable bonds is 4. The fourth-order valence-corrected chi connectivity index (χ4v) is 3.93. The number of nitrogens with one attached hydrogen (secondary N) is 1. The molecular formula is C21H20N6O3. The van der Waals surface area contributed by atoms with Gasteiger partial charge < -0.3 is 9.73 Å². The van der Waals surface area contributed by atoms with Crippen molar-refractivity contribution in [3.8, 4) is 0 Å². The molecule has 2 amide bonds. The molecule has 1 N–H and O–H groups in total. The van der Waals surface area contributed by atoms with Gasteiger partial charge in [0.2, 0.25) is 5.89 Å². The Morgan fingerprint density at radius 3 is 2.70 bits per heavy atom. The molecule has 1 aliphatic carbocycles. The lowest BCUT2D eigenvalue weighted by Crippen LogP contribution is -2.47. The normalized spacial score (nSPS) is 19.7. The molecule has 9 nitrogen and oxygen atoms in total. The molecule has 1 saturated carbocycles. The summed E-state index contributed by atoms with van der Waals surface area (Å²) >= 11 is 0. The van der Waals surface area contributed by atoms with E-state index in [0.717, 1.165) is 24.1 Å². The van der Waals surface area contributed by atoms with Crippen molar-refractivity contribution in [3.05, 3.63) is 65.8 Å². The Morgan fingerprint density at radius 1 is 1.17 bits per heavy atom. The third-order valence-corrected chi connectivity index (χ3v) is 5.78. The number of likely N-dealkylation sites (N-methyl/N-ethyl adjacent to an activating group) is 1. The second-order valence-electron chi connectivity index (χ2n) is 7.65. The van der Waals surface area contributed by atoms with E-state index >= 15 is 0 Å². The van der Waals surface area contributed by atoms with Gasteiger partial charge in [-0.1, -0.05) is 30.3 Å². The minimum absolute atomic E-state index is 0.138. The topological polar surface area (TPSA) is 114 Å². The van der Waals surface area contributed by atoms with Gasteiger partial charge in [-0.25, -0.2) is 4.98 Å². The first-order valence-corrected chi connectivity index (χ1v) is 9.86. The van der Waals surface area contributed by atoms with Crippen molar-refractivity contribution in [1.29, 1.82) is 0 Å². The van der Waals surface area contributed by atoms with Gasteiger partial charge in [-0.3, -0.25) is 19.5 Å². The molecule has 0 saturated heterocycles. The van der Waals surface area contributed by atoms with Gasteiger partial charge in [0, 0.05) is 19.4 Å². The molecule has 0 bridgehead atoms. The quantitative estimate of drug-likeness (QED) is 0.703. The molecular weight excluding hydrogens is 384 g/mol. The van der Waals surface area contributed by atoms with Crippen LogP contribution >= 0.6 is 0 Å². The Labute approximate surface area is 172 Å². The number of hydrogen-bond acceptors (Lipinski definition) is 7. The molecule has 3 heterocycles. The van der Waals surface area contributed by atoms with Gasteiger partial charge >= 0.3 is 11.8 Å². The molecule has 152 valence electrons. The Balaban J connectivity index is 1.33. The average molecular weight is 404 g/mol. The van der Waals surface area contributed by atoms with Gasteiger partial charge in [0.15, 0.2) is 5.82 Å². The van der Waals surface area contributed by atoms with Crippen molar-refractivity contribution in [1.82, 2.24) is 25.5 Å². The predicted molar refractivity (Wildman–Crippen MR) is 106 cm³/mol. The molecule has 9 heteroatoms. The second kappa shape index (κ2) is 7.01. The molecule has 1 unspecified atom stereocenters. The smallest absolute Gasteiger partial charge is 0.309 e. The molecule has 30 heavy (non-hydrogen) atoms. The fourth-order valence-electron chi connectivity index (χ4n) is 3.93. The van der Waals surface area contributed by atoms with Gasteiger partial charge in [0.05, 0.1) is 11.1 Å². The Morgan fingerprint density at radius 2 is 1.93 bits per heavy atom. The Kier molecular flexibility index (Phi) is 4.30. The van der Waals surface area contributed by atoms with Crippen LogP contribution in [0.2, 0.25) is 0 Å². The van der Waals surface area contributed by atoms with Crippen LogP contribution in [0.4, 0.5) is 5.82 Å². The highest BCUT2D eigenvalue weighted by Crippen LogP contribution is 2.52. The van der Waals surface area contributed by atoms with E-state index in [4.69, 9.17) is 4.42 Å². The van der Waals surface area contributed by atoms with E-state index in [2.05, 4.69) is 25.5 Å². The van der Waals surface area contributed by atoms with Crippen molar-refractivity contribution >= 4 is 17.6 Å². The van der Waals surface area contributed by atoms with Crippen molar-refractivity contribution in [2.45, 2.75) is 37.1 Å². The maximum atomic E-state index is 12.8. The predicted octanol–water partition coefficient (Wildman–Crippen LogP) is 1.65. The maximum Gasteiger partial charge on any atom is 0.309 e. The van der Waals surface area contributed by atoms with Crippen molar-refractivity contribution in [3.63, 3.8) is 0 Å². The zero-order valence-electron chi connectivity index (χ0n) is 16.4. The van der Waals surface area contributed by atoms with E-state index < -0.39 is 11.9 Å². The first-order valence-electron chi connectivity index (χ1n) is 9.86. The van der Waals surface area contributed by atoms with Gasteiger partial charge in [-0.05, 0) is 31.2 Å². The number of hydrogen-bond donors (Lipinski definition) is 1. The number of anilines is 1. The van der Waals surface area contributed by atoms with Crippen LogP contribution in [0.15, 0.2) is 47.1 Å². The molecule has 2 aromatic heterocycles. The van der Waals surface area contributed by atoms with Crippen LogP contribution in [0.25, 0.3) is 0 Å². The van der Waals surface area contributed by atoms with Gasteiger partial charge in [0.25, 0.3) is 5.91 Å². The number of carbonyl (C=O) groups excluding carboxylic acids is 2. The highest BCUT2D eigenvalue weighted by Gasteiger charge is 2.51. The largest absolute Gasteiger partial charge is 0.416 e. The summed E-state index contributed by atoms with van der Waals surface area (Å²) in [4.78, 5) is 35.5.